The van der Waals surface area contributed by atoms with Crippen molar-refractivity contribution in [2.24, 2.45) is 0 Å². The van der Waals surface area contributed by atoms with Crippen molar-refractivity contribution in [2.75, 3.05) is 13.3 Å². The van der Waals surface area contributed by atoms with E-state index >= 15 is 0 Å². The van der Waals surface area contributed by atoms with E-state index in [1.54, 1.807) is 0 Å². The van der Waals surface area contributed by atoms with Gasteiger partial charge in [0.05, 0.1) is 0 Å². The average molecular weight is 219 g/mol. The van der Waals surface area contributed by atoms with E-state index in [1.165, 1.54) is 0 Å². The summed E-state index contributed by atoms with van der Waals surface area (Å²) < 4.78 is 0. The van der Waals surface area contributed by atoms with Gasteiger partial charge in [-0.1, -0.05) is 0 Å². The Kier molecular flexibility index (Phi) is 3.57. The van der Waals surface area contributed by atoms with Gasteiger partial charge in [-0.15, -0.1) is 10.1 Å². The van der Waals surface area contributed by atoms with Crippen LogP contribution in [0.4, 0.5) is 0 Å². The summed E-state index contributed by atoms with van der Waals surface area (Å²) in [4.78, 5) is 31.9. The van der Waals surface area contributed by atoms with Crippen LogP contribution in [-0.4, -0.2) is 68.2 Å². The fourth-order valence-electron chi connectivity index (χ4n) is 1.14. The molecule has 0 aromatic carbocycles. The summed E-state index contributed by atoms with van der Waals surface area (Å²) in [5.74, 6) is -2.65. The quantitative estimate of drug-likeness (QED) is 0.272. The highest BCUT2D eigenvalue weighted by atomic mass is 16.6. The van der Waals surface area contributed by atoms with Crippen molar-refractivity contribution in [3.8, 4) is 0 Å². The number of nitrogens with zero attached hydrogens (tertiary/aromatic N) is 3. The molecule has 0 amide bonds. The van der Waals surface area contributed by atoms with Crippen LogP contribution < -0.4 is 0 Å². The van der Waals surface area contributed by atoms with Crippen LogP contribution in [0.25, 0.3) is 0 Å². The Morgan fingerprint density at radius 3 is 2.00 bits per heavy atom. The SMILES string of the molecule is O=CC(=O)C(=O)C1N(O)CN(O)CN1O. The van der Waals surface area contributed by atoms with E-state index in [4.69, 9.17) is 15.6 Å². The normalized spacial score (nSPS) is 21.5. The first-order valence-corrected chi connectivity index (χ1v) is 3.85. The maximum Gasteiger partial charge on any atom is 0.264 e. The number of hydrogen-bond donors (Lipinski definition) is 3. The Hall–Kier alpha value is -1.23. The first kappa shape index (κ1) is 11.8. The van der Waals surface area contributed by atoms with E-state index in [0.717, 1.165) is 0 Å². The predicted octanol–water partition coefficient (Wildman–Crippen LogP) is -2.35. The second kappa shape index (κ2) is 4.53. The average Bonchev–Trinajstić information content (AvgIpc) is 2.14. The lowest BCUT2D eigenvalue weighted by Crippen LogP contribution is -2.62. The van der Waals surface area contributed by atoms with Gasteiger partial charge in [0.25, 0.3) is 5.78 Å². The zero-order valence-electron chi connectivity index (χ0n) is 7.48. The Bertz CT molecular complexity index is 283. The molecule has 0 bridgehead atoms. The number of rotatable bonds is 3. The van der Waals surface area contributed by atoms with E-state index in [-0.39, 0.29) is 16.4 Å². The summed E-state index contributed by atoms with van der Waals surface area (Å²) in [6.45, 7) is -0.917. The molecule has 1 heterocycles. The monoisotopic (exact) mass is 219 g/mol. The van der Waals surface area contributed by atoms with Crippen LogP contribution in [0, 0.1) is 0 Å². The Labute approximate surface area is 83.6 Å². The summed E-state index contributed by atoms with van der Waals surface area (Å²) in [5.41, 5.74) is 0. The fraction of sp³-hybridized carbons (Fsp3) is 0.500. The highest BCUT2D eigenvalue weighted by molar-refractivity contribution is 6.58. The van der Waals surface area contributed by atoms with Gasteiger partial charge in [-0.05, 0) is 0 Å². The third-order valence-corrected chi connectivity index (χ3v) is 1.77. The molecule has 9 nitrogen and oxygen atoms in total. The van der Waals surface area contributed by atoms with Gasteiger partial charge in [0.15, 0.2) is 12.5 Å². The van der Waals surface area contributed by atoms with Gasteiger partial charge in [0.1, 0.15) is 13.3 Å². The van der Waals surface area contributed by atoms with Crippen LogP contribution in [0.2, 0.25) is 0 Å². The molecule has 1 aliphatic heterocycles. The third-order valence-electron chi connectivity index (χ3n) is 1.77. The van der Waals surface area contributed by atoms with Crippen molar-refractivity contribution >= 4 is 17.9 Å². The summed E-state index contributed by atoms with van der Waals surface area (Å²) in [6, 6.07) is 0. The van der Waals surface area contributed by atoms with Gasteiger partial charge in [-0.2, -0.15) is 5.06 Å². The van der Waals surface area contributed by atoms with Crippen LogP contribution in [0.1, 0.15) is 0 Å². The second-order valence-corrected chi connectivity index (χ2v) is 2.89. The minimum Gasteiger partial charge on any atom is -0.311 e. The van der Waals surface area contributed by atoms with E-state index < -0.39 is 31.1 Å². The maximum atomic E-state index is 11.2. The number of aldehydes is 1. The third kappa shape index (κ3) is 2.41. The minimum atomic E-state index is -1.67. The largest absolute Gasteiger partial charge is 0.311 e. The lowest BCUT2D eigenvalue weighted by Gasteiger charge is -2.37. The molecule has 1 fully saturated rings. The van der Waals surface area contributed by atoms with Crippen molar-refractivity contribution in [2.45, 2.75) is 6.17 Å². The van der Waals surface area contributed by atoms with E-state index in [2.05, 4.69) is 0 Å². The van der Waals surface area contributed by atoms with Crippen molar-refractivity contribution in [3.63, 3.8) is 0 Å². The molecule has 84 valence electrons. The Morgan fingerprint density at radius 1 is 1.13 bits per heavy atom. The van der Waals surface area contributed by atoms with Crippen LogP contribution in [0.5, 0.6) is 0 Å². The summed E-state index contributed by atoms with van der Waals surface area (Å²) in [7, 11) is 0. The van der Waals surface area contributed by atoms with Crippen LogP contribution in [0.15, 0.2) is 0 Å². The molecule has 3 N–H and O–H groups in total. The molecule has 0 aromatic heterocycles. The van der Waals surface area contributed by atoms with E-state index in [9.17, 15) is 14.4 Å². The number of Topliss-reactive ketones (excluding diaryl/α,β-unsaturated/α-hetero) is 2. The zero-order chi connectivity index (χ0) is 11.6. The van der Waals surface area contributed by atoms with Crippen LogP contribution >= 0.6 is 0 Å². The van der Waals surface area contributed by atoms with E-state index in [0.29, 0.717) is 5.06 Å². The van der Waals surface area contributed by atoms with Gasteiger partial charge in [0, 0.05) is 0 Å². The van der Waals surface area contributed by atoms with Crippen LogP contribution in [-0.2, 0) is 14.4 Å². The molecular weight excluding hydrogens is 210 g/mol. The number of hydroxylamine groups is 6. The zero-order valence-corrected chi connectivity index (χ0v) is 7.48. The molecule has 0 saturated carbocycles. The smallest absolute Gasteiger partial charge is 0.264 e. The maximum absolute atomic E-state index is 11.2. The summed E-state index contributed by atoms with van der Waals surface area (Å²) in [6.07, 6.45) is -1.89. The molecule has 0 aliphatic carbocycles. The van der Waals surface area contributed by atoms with Gasteiger partial charge >= 0.3 is 0 Å². The number of ketones is 2. The standard InChI is InChI=1S/C6H9N3O6/c10-1-4(11)5(12)6-8(14)2-7(13)3-9(6)15/h1,6,13-15H,2-3H2. The molecule has 0 radical (unpaired) electrons. The lowest BCUT2D eigenvalue weighted by molar-refractivity contribution is -0.348. The van der Waals surface area contributed by atoms with Crippen molar-refractivity contribution in [1.29, 1.82) is 0 Å². The van der Waals surface area contributed by atoms with Gasteiger partial charge in [-0.3, -0.25) is 14.4 Å². The number of carbonyl (C=O) groups is 3. The minimum absolute atomic E-state index is 0.213. The van der Waals surface area contributed by atoms with Crippen molar-refractivity contribution < 1.29 is 30.0 Å². The molecule has 0 aromatic rings. The molecule has 0 atom stereocenters. The summed E-state index contributed by atoms with van der Waals surface area (Å²) >= 11 is 0. The summed E-state index contributed by atoms with van der Waals surface area (Å²) in [5, 5.41) is 28.2. The van der Waals surface area contributed by atoms with E-state index in [1.807, 2.05) is 0 Å². The Balaban J connectivity index is 2.79. The van der Waals surface area contributed by atoms with Gasteiger partial charge < -0.3 is 15.6 Å². The molecule has 9 heteroatoms. The fourth-order valence-corrected chi connectivity index (χ4v) is 1.14. The molecular formula is C6H9N3O6. The molecule has 1 aliphatic rings. The number of hydrogen-bond acceptors (Lipinski definition) is 9. The first-order chi connectivity index (χ1) is 6.97. The first-order valence-electron chi connectivity index (χ1n) is 3.85. The lowest BCUT2D eigenvalue weighted by atomic mass is 10.2. The molecule has 0 unspecified atom stereocenters. The van der Waals surface area contributed by atoms with Crippen LogP contribution in [0.3, 0.4) is 0 Å². The van der Waals surface area contributed by atoms with Crippen molar-refractivity contribution in [3.05, 3.63) is 0 Å². The highest BCUT2D eigenvalue weighted by Crippen LogP contribution is 2.10. The molecule has 1 rings (SSSR count). The Morgan fingerprint density at radius 2 is 1.60 bits per heavy atom. The molecule has 1 saturated heterocycles. The van der Waals surface area contributed by atoms with Gasteiger partial charge in [0.2, 0.25) is 5.78 Å². The van der Waals surface area contributed by atoms with Crippen molar-refractivity contribution in [1.82, 2.24) is 15.2 Å². The predicted molar refractivity (Wildman–Crippen MR) is 40.5 cm³/mol. The molecule has 15 heavy (non-hydrogen) atoms. The topological polar surface area (TPSA) is 122 Å². The number of carbonyl (C=O) groups excluding carboxylic acids is 3. The second-order valence-electron chi connectivity index (χ2n) is 2.89. The highest BCUT2D eigenvalue weighted by Gasteiger charge is 2.39. The van der Waals surface area contributed by atoms with Gasteiger partial charge in [-0.25, -0.2) is 0 Å². The molecule has 0 spiro atoms.